The normalized spacial score (nSPS) is 12.1. The molecule has 2 rings (SSSR count). The highest BCUT2D eigenvalue weighted by molar-refractivity contribution is 14.1. The van der Waals surface area contributed by atoms with Gasteiger partial charge in [0, 0.05) is 9.83 Å². The van der Waals surface area contributed by atoms with E-state index in [1.165, 1.54) is 24.3 Å². The standard InChI is InChI=1S/C14H14INO4S2/c1-10-9-11(15)7-8-12(10)16-22(19,20)14-6-4-3-5-13(14)21(2,17)18/h3-9,16H,1-2H3. The second-order valence-electron chi connectivity index (χ2n) is 4.78. The molecule has 0 bridgehead atoms. The van der Waals surface area contributed by atoms with E-state index in [2.05, 4.69) is 27.3 Å². The quantitative estimate of drug-likeness (QED) is 0.726. The largest absolute Gasteiger partial charge is 0.279 e. The van der Waals surface area contributed by atoms with Gasteiger partial charge in [-0.15, -0.1) is 0 Å². The van der Waals surface area contributed by atoms with Gasteiger partial charge in [0.15, 0.2) is 9.84 Å². The van der Waals surface area contributed by atoms with E-state index in [0.717, 1.165) is 15.4 Å². The van der Waals surface area contributed by atoms with Gasteiger partial charge < -0.3 is 0 Å². The lowest BCUT2D eigenvalue weighted by Crippen LogP contribution is -2.17. The fourth-order valence-corrected chi connectivity index (χ4v) is 5.33. The van der Waals surface area contributed by atoms with Crippen molar-refractivity contribution in [1.29, 1.82) is 0 Å². The van der Waals surface area contributed by atoms with E-state index in [-0.39, 0.29) is 9.79 Å². The molecule has 0 spiro atoms. The van der Waals surface area contributed by atoms with Crippen molar-refractivity contribution in [2.24, 2.45) is 0 Å². The number of hydrogen-bond acceptors (Lipinski definition) is 4. The Morgan fingerprint density at radius 3 is 2.09 bits per heavy atom. The Kier molecular flexibility index (Phi) is 4.83. The molecular formula is C14H14INO4S2. The fourth-order valence-electron chi connectivity index (χ4n) is 1.92. The first-order valence-electron chi connectivity index (χ1n) is 6.19. The Labute approximate surface area is 143 Å². The minimum absolute atomic E-state index is 0.217. The van der Waals surface area contributed by atoms with Gasteiger partial charge in [-0.05, 0) is 65.4 Å². The Hall–Kier alpha value is -1.13. The maximum absolute atomic E-state index is 12.5. The summed E-state index contributed by atoms with van der Waals surface area (Å²) in [6, 6.07) is 10.8. The molecule has 0 aliphatic rings. The van der Waals surface area contributed by atoms with Crippen molar-refractivity contribution in [3.63, 3.8) is 0 Å². The first-order valence-corrected chi connectivity index (χ1v) is 10.6. The van der Waals surface area contributed by atoms with Gasteiger partial charge in [0.2, 0.25) is 0 Å². The highest BCUT2D eigenvalue weighted by Crippen LogP contribution is 2.25. The van der Waals surface area contributed by atoms with Gasteiger partial charge >= 0.3 is 0 Å². The molecule has 22 heavy (non-hydrogen) atoms. The van der Waals surface area contributed by atoms with Gasteiger partial charge in [-0.25, -0.2) is 16.8 Å². The number of benzene rings is 2. The van der Waals surface area contributed by atoms with Crippen molar-refractivity contribution in [3.05, 3.63) is 51.6 Å². The molecule has 0 saturated carbocycles. The third-order valence-electron chi connectivity index (χ3n) is 2.97. The SMILES string of the molecule is Cc1cc(I)ccc1NS(=O)(=O)c1ccccc1S(C)(=O)=O. The van der Waals surface area contributed by atoms with Crippen LogP contribution in [0.2, 0.25) is 0 Å². The maximum Gasteiger partial charge on any atom is 0.263 e. The number of sulfone groups is 1. The van der Waals surface area contributed by atoms with Gasteiger partial charge in [0.1, 0.15) is 4.90 Å². The number of aryl methyl sites for hydroxylation is 1. The minimum atomic E-state index is -3.99. The molecule has 2 aromatic rings. The summed E-state index contributed by atoms with van der Waals surface area (Å²) in [6.45, 7) is 1.78. The van der Waals surface area contributed by atoms with Crippen LogP contribution in [0.5, 0.6) is 0 Å². The van der Waals surface area contributed by atoms with E-state index in [1.807, 2.05) is 6.07 Å². The first-order chi connectivity index (χ1) is 10.1. The average molecular weight is 451 g/mol. The number of sulfonamides is 1. The Balaban J connectivity index is 2.53. The van der Waals surface area contributed by atoms with E-state index in [0.29, 0.717) is 5.69 Å². The summed E-state index contributed by atoms with van der Waals surface area (Å²) in [5, 5.41) is 0. The van der Waals surface area contributed by atoms with Crippen LogP contribution in [0.1, 0.15) is 5.56 Å². The molecular weight excluding hydrogens is 437 g/mol. The van der Waals surface area contributed by atoms with Crippen LogP contribution < -0.4 is 4.72 Å². The summed E-state index contributed by atoms with van der Waals surface area (Å²) < 4.78 is 52.0. The highest BCUT2D eigenvalue weighted by atomic mass is 127. The average Bonchev–Trinajstić information content (AvgIpc) is 2.41. The van der Waals surface area contributed by atoms with Crippen LogP contribution in [-0.4, -0.2) is 23.1 Å². The molecule has 0 fully saturated rings. The van der Waals surface area contributed by atoms with Crippen molar-refractivity contribution < 1.29 is 16.8 Å². The lowest BCUT2D eigenvalue weighted by molar-refractivity contribution is 0.588. The van der Waals surface area contributed by atoms with Crippen molar-refractivity contribution >= 4 is 48.1 Å². The summed E-state index contributed by atoms with van der Waals surface area (Å²) in [4.78, 5) is -0.471. The molecule has 0 saturated heterocycles. The summed E-state index contributed by atoms with van der Waals surface area (Å²) >= 11 is 2.13. The third kappa shape index (κ3) is 3.79. The zero-order chi connectivity index (χ0) is 16.5. The molecule has 8 heteroatoms. The Morgan fingerprint density at radius 2 is 1.55 bits per heavy atom. The molecule has 0 unspecified atom stereocenters. The molecule has 0 heterocycles. The smallest absolute Gasteiger partial charge is 0.263 e. The lowest BCUT2D eigenvalue weighted by Gasteiger charge is -2.13. The molecule has 0 atom stereocenters. The molecule has 0 aliphatic heterocycles. The number of anilines is 1. The number of nitrogens with one attached hydrogen (secondary N) is 1. The zero-order valence-electron chi connectivity index (χ0n) is 11.9. The number of rotatable bonds is 4. The van der Waals surface area contributed by atoms with Gasteiger partial charge in [-0.3, -0.25) is 4.72 Å². The summed E-state index contributed by atoms with van der Waals surface area (Å²) in [6.07, 6.45) is 0.984. The topological polar surface area (TPSA) is 80.3 Å². The van der Waals surface area contributed by atoms with Crippen molar-refractivity contribution in [2.75, 3.05) is 11.0 Å². The summed E-state index contributed by atoms with van der Waals surface area (Å²) in [5.41, 5.74) is 1.18. The second-order valence-corrected chi connectivity index (χ2v) is 9.66. The molecule has 2 aromatic carbocycles. The molecule has 0 aromatic heterocycles. The highest BCUT2D eigenvalue weighted by Gasteiger charge is 2.23. The molecule has 0 aliphatic carbocycles. The van der Waals surface area contributed by atoms with Crippen LogP contribution in [0.4, 0.5) is 5.69 Å². The predicted molar refractivity (Wildman–Crippen MR) is 94.3 cm³/mol. The van der Waals surface area contributed by atoms with Crippen molar-refractivity contribution in [2.45, 2.75) is 16.7 Å². The van der Waals surface area contributed by atoms with Crippen molar-refractivity contribution in [1.82, 2.24) is 0 Å². The second kappa shape index (κ2) is 6.17. The van der Waals surface area contributed by atoms with Gasteiger partial charge in [0.05, 0.1) is 10.6 Å². The predicted octanol–water partition coefficient (Wildman–Crippen LogP) is 2.80. The van der Waals surface area contributed by atoms with Crippen LogP contribution >= 0.6 is 22.6 Å². The van der Waals surface area contributed by atoms with Crippen LogP contribution in [-0.2, 0) is 19.9 Å². The molecule has 0 amide bonds. The third-order valence-corrected chi connectivity index (χ3v) is 6.35. The van der Waals surface area contributed by atoms with Gasteiger partial charge in [-0.1, -0.05) is 12.1 Å². The zero-order valence-corrected chi connectivity index (χ0v) is 15.7. The van der Waals surface area contributed by atoms with Crippen LogP contribution in [0.25, 0.3) is 0 Å². The van der Waals surface area contributed by atoms with Crippen LogP contribution in [0.3, 0.4) is 0 Å². The van der Waals surface area contributed by atoms with E-state index < -0.39 is 19.9 Å². The van der Waals surface area contributed by atoms with Crippen LogP contribution in [0, 0.1) is 10.5 Å². The van der Waals surface area contributed by atoms with Crippen LogP contribution in [0.15, 0.2) is 52.3 Å². The van der Waals surface area contributed by atoms with Gasteiger partial charge in [-0.2, -0.15) is 0 Å². The van der Waals surface area contributed by atoms with Gasteiger partial charge in [0.25, 0.3) is 10.0 Å². The fraction of sp³-hybridized carbons (Fsp3) is 0.143. The molecule has 0 radical (unpaired) electrons. The van der Waals surface area contributed by atoms with Crippen molar-refractivity contribution in [3.8, 4) is 0 Å². The van der Waals surface area contributed by atoms with E-state index >= 15 is 0 Å². The number of halogens is 1. The molecule has 118 valence electrons. The lowest BCUT2D eigenvalue weighted by atomic mass is 10.2. The summed E-state index contributed by atoms with van der Waals surface area (Å²) in [7, 11) is -7.64. The summed E-state index contributed by atoms with van der Waals surface area (Å²) in [5.74, 6) is 0. The van der Waals surface area contributed by atoms with E-state index in [1.54, 1.807) is 19.1 Å². The van der Waals surface area contributed by atoms with E-state index in [4.69, 9.17) is 0 Å². The maximum atomic E-state index is 12.5. The molecule has 5 nitrogen and oxygen atoms in total. The Morgan fingerprint density at radius 1 is 0.955 bits per heavy atom. The Bertz CT molecular complexity index is 922. The molecule has 1 N–H and O–H groups in total. The monoisotopic (exact) mass is 451 g/mol. The minimum Gasteiger partial charge on any atom is -0.279 e. The first kappa shape index (κ1) is 17.2. The number of hydrogen-bond donors (Lipinski definition) is 1. The van der Waals surface area contributed by atoms with E-state index in [9.17, 15) is 16.8 Å².